The Bertz CT molecular complexity index is 1160. The molecule has 0 bridgehead atoms. The number of fused-ring (bicyclic) bond motifs is 1. The number of ether oxygens (including phenoxy) is 1. The summed E-state index contributed by atoms with van der Waals surface area (Å²) in [6, 6.07) is 21.6. The Balaban J connectivity index is 1.43. The number of nitrogens with zero attached hydrogens (tertiary/aromatic N) is 2. The predicted molar refractivity (Wildman–Crippen MR) is 135 cm³/mol. The molecule has 1 fully saturated rings. The number of rotatable bonds is 7. The van der Waals surface area contributed by atoms with E-state index in [1.165, 1.54) is 0 Å². The van der Waals surface area contributed by atoms with Gasteiger partial charge in [0.1, 0.15) is 5.75 Å². The van der Waals surface area contributed by atoms with Crippen LogP contribution in [-0.4, -0.2) is 62.5 Å². The number of piperidine rings is 1. The lowest BCUT2D eigenvalue weighted by atomic mass is 9.95. The average Bonchev–Trinajstić information content (AvgIpc) is 2.88. The molecule has 0 spiro atoms. The standard InChI is InChI=1S/C28H33N3O3/c1-30(2)25(24-14-6-7-16-26(24)34-3)18-29-27(32)21-12-9-17-31(19-21)28(33)23-15-8-11-20-10-4-5-13-22(20)23/h4-8,10-11,13-16,21,25H,9,12,17-19H2,1-3H3,(H,29,32). The summed E-state index contributed by atoms with van der Waals surface area (Å²) in [6.07, 6.45) is 1.60. The number of amides is 2. The number of likely N-dealkylation sites (N-methyl/N-ethyl adjacent to an activating group) is 1. The molecule has 34 heavy (non-hydrogen) atoms. The Morgan fingerprint density at radius 1 is 1.06 bits per heavy atom. The van der Waals surface area contributed by atoms with Crippen molar-refractivity contribution in [1.82, 2.24) is 15.1 Å². The second kappa shape index (κ2) is 10.7. The molecule has 2 unspecified atom stereocenters. The Hall–Kier alpha value is -3.38. The highest BCUT2D eigenvalue weighted by atomic mass is 16.5. The van der Waals surface area contributed by atoms with E-state index >= 15 is 0 Å². The molecule has 0 aromatic heterocycles. The number of likely N-dealkylation sites (tertiary alicyclic amines) is 1. The van der Waals surface area contributed by atoms with Crippen molar-refractivity contribution in [2.75, 3.05) is 40.8 Å². The van der Waals surface area contributed by atoms with Crippen LogP contribution in [0.2, 0.25) is 0 Å². The highest BCUT2D eigenvalue weighted by Gasteiger charge is 2.30. The molecule has 4 rings (SSSR count). The van der Waals surface area contributed by atoms with E-state index in [9.17, 15) is 9.59 Å². The predicted octanol–water partition coefficient (Wildman–Crippen LogP) is 4.12. The Kier molecular flexibility index (Phi) is 7.48. The maximum absolute atomic E-state index is 13.4. The summed E-state index contributed by atoms with van der Waals surface area (Å²) in [5.74, 6) is 0.583. The van der Waals surface area contributed by atoms with Gasteiger partial charge in [-0.15, -0.1) is 0 Å². The van der Waals surface area contributed by atoms with Crippen LogP contribution < -0.4 is 10.1 Å². The SMILES string of the molecule is COc1ccccc1C(CNC(=O)C1CCCN(C(=O)c2cccc3ccccc23)C1)N(C)C. The topological polar surface area (TPSA) is 61.9 Å². The van der Waals surface area contributed by atoms with E-state index < -0.39 is 0 Å². The van der Waals surface area contributed by atoms with Crippen molar-refractivity contribution < 1.29 is 14.3 Å². The molecule has 1 aliphatic heterocycles. The van der Waals surface area contributed by atoms with Crippen molar-refractivity contribution in [3.63, 3.8) is 0 Å². The van der Waals surface area contributed by atoms with Crippen LogP contribution in [0.3, 0.4) is 0 Å². The van der Waals surface area contributed by atoms with Crippen LogP contribution >= 0.6 is 0 Å². The fourth-order valence-electron chi connectivity index (χ4n) is 4.81. The number of benzene rings is 3. The zero-order valence-corrected chi connectivity index (χ0v) is 20.2. The van der Waals surface area contributed by atoms with Gasteiger partial charge in [-0.2, -0.15) is 0 Å². The normalized spacial score (nSPS) is 16.9. The van der Waals surface area contributed by atoms with Crippen LogP contribution in [0.15, 0.2) is 66.7 Å². The van der Waals surface area contributed by atoms with E-state index in [0.717, 1.165) is 34.9 Å². The minimum atomic E-state index is -0.215. The van der Waals surface area contributed by atoms with Gasteiger partial charge in [-0.25, -0.2) is 0 Å². The summed E-state index contributed by atoms with van der Waals surface area (Å²) in [4.78, 5) is 30.4. The third-order valence-electron chi connectivity index (χ3n) is 6.69. The largest absolute Gasteiger partial charge is 0.496 e. The molecule has 6 heteroatoms. The van der Waals surface area contributed by atoms with Gasteiger partial charge in [0, 0.05) is 30.8 Å². The summed E-state index contributed by atoms with van der Waals surface area (Å²) in [6.45, 7) is 1.59. The molecule has 3 aromatic carbocycles. The number of para-hydroxylation sites is 1. The molecule has 1 N–H and O–H groups in total. The highest BCUT2D eigenvalue weighted by Crippen LogP contribution is 2.28. The third-order valence-corrected chi connectivity index (χ3v) is 6.69. The zero-order chi connectivity index (χ0) is 24.1. The van der Waals surface area contributed by atoms with Gasteiger partial charge >= 0.3 is 0 Å². The van der Waals surface area contributed by atoms with Gasteiger partial charge in [-0.3, -0.25) is 9.59 Å². The van der Waals surface area contributed by atoms with E-state index in [2.05, 4.69) is 10.2 Å². The monoisotopic (exact) mass is 459 g/mol. The number of carbonyl (C=O) groups is 2. The van der Waals surface area contributed by atoms with Crippen molar-refractivity contribution in [2.45, 2.75) is 18.9 Å². The molecule has 6 nitrogen and oxygen atoms in total. The molecule has 0 aliphatic carbocycles. The molecule has 0 saturated carbocycles. The van der Waals surface area contributed by atoms with Gasteiger partial charge in [0.25, 0.3) is 5.91 Å². The molecule has 2 atom stereocenters. The first-order valence-electron chi connectivity index (χ1n) is 11.8. The maximum atomic E-state index is 13.4. The first kappa shape index (κ1) is 23.8. The van der Waals surface area contributed by atoms with Gasteiger partial charge < -0.3 is 19.9 Å². The van der Waals surface area contributed by atoms with Crippen molar-refractivity contribution in [1.29, 1.82) is 0 Å². The van der Waals surface area contributed by atoms with Crippen LogP contribution in [-0.2, 0) is 4.79 Å². The Morgan fingerprint density at radius 3 is 2.59 bits per heavy atom. The molecule has 1 heterocycles. The fraction of sp³-hybridized carbons (Fsp3) is 0.357. The van der Waals surface area contributed by atoms with Crippen LogP contribution in [0.1, 0.15) is 34.8 Å². The summed E-state index contributed by atoms with van der Waals surface area (Å²) in [5.41, 5.74) is 1.73. The molecule has 2 amide bonds. The third kappa shape index (κ3) is 5.07. The van der Waals surface area contributed by atoms with Gasteiger partial charge in [0.15, 0.2) is 0 Å². The van der Waals surface area contributed by atoms with Crippen LogP contribution in [0.5, 0.6) is 5.75 Å². The van der Waals surface area contributed by atoms with E-state index in [1.807, 2.05) is 85.7 Å². The first-order chi connectivity index (χ1) is 16.5. The maximum Gasteiger partial charge on any atom is 0.254 e. The first-order valence-corrected chi connectivity index (χ1v) is 11.8. The van der Waals surface area contributed by atoms with Gasteiger partial charge in [0.05, 0.1) is 19.1 Å². The second-order valence-electron chi connectivity index (χ2n) is 9.08. The minimum Gasteiger partial charge on any atom is -0.496 e. The van der Waals surface area contributed by atoms with Crippen molar-refractivity contribution >= 4 is 22.6 Å². The smallest absolute Gasteiger partial charge is 0.254 e. The van der Waals surface area contributed by atoms with E-state index in [0.29, 0.717) is 25.2 Å². The van der Waals surface area contributed by atoms with E-state index in [4.69, 9.17) is 4.74 Å². The van der Waals surface area contributed by atoms with Gasteiger partial charge in [-0.1, -0.05) is 54.6 Å². The lowest BCUT2D eigenvalue weighted by Crippen LogP contribution is -2.46. The van der Waals surface area contributed by atoms with E-state index in [-0.39, 0.29) is 23.8 Å². The number of hydrogen-bond donors (Lipinski definition) is 1. The number of nitrogens with one attached hydrogen (secondary N) is 1. The Labute approximate surface area is 201 Å². The number of hydrogen-bond acceptors (Lipinski definition) is 4. The number of carbonyl (C=O) groups excluding carboxylic acids is 2. The van der Waals surface area contributed by atoms with Crippen molar-refractivity contribution in [2.24, 2.45) is 5.92 Å². The Morgan fingerprint density at radius 2 is 1.79 bits per heavy atom. The zero-order valence-electron chi connectivity index (χ0n) is 20.2. The highest BCUT2D eigenvalue weighted by molar-refractivity contribution is 6.07. The van der Waals surface area contributed by atoms with Crippen LogP contribution in [0, 0.1) is 5.92 Å². The summed E-state index contributed by atoms with van der Waals surface area (Å²) < 4.78 is 5.53. The fourth-order valence-corrected chi connectivity index (χ4v) is 4.81. The molecule has 1 saturated heterocycles. The molecule has 3 aromatic rings. The second-order valence-corrected chi connectivity index (χ2v) is 9.08. The average molecular weight is 460 g/mol. The lowest BCUT2D eigenvalue weighted by molar-refractivity contribution is -0.126. The van der Waals surface area contributed by atoms with Crippen LogP contribution in [0.4, 0.5) is 0 Å². The summed E-state index contributed by atoms with van der Waals surface area (Å²) in [5, 5.41) is 5.14. The lowest BCUT2D eigenvalue weighted by Gasteiger charge is -2.33. The summed E-state index contributed by atoms with van der Waals surface area (Å²) in [7, 11) is 5.65. The van der Waals surface area contributed by atoms with Crippen molar-refractivity contribution in [3.05, 3.63) is 77.9 Å². The number of methoxy groups -OCH3 is 1. The molecular formula is C28H33N3O3. The van der Waals surface area contributed by atoms with Crippen molar-refractivity contribution in [3.8, 4) is 5.75 Å². The van der Waals surface area contributed by atoms with Crippen LogP contribution in [0.25, 0.3) is 10.8 Å². The summed E-state index contributed by atoms with van der Waals surface area (Å²) >= 11 is 0. The minimum absolute atomic E-state index is 0.00262. The van der Waals surface area contributed by atoms with E-state index in [1.54, 1.807) is 7.11 Å². The van der Waals surface area contributed by atoms with Gasteiger partial charge in [-0.05, 0) is 49.8 Å². The quantitative estimate of drug-likeness (QED) is 0.577. The molecule has 0 radical (unpaired) electrons. The molecular weight excluding hydrogens is 426 g/mol. The molecule has 1 aliphatic rings. The van der Waals surface area contributed by atoms with Gasteiger partial charge in [0.2, 0.25) is 5.91 Å². The molecule has 178 valence electrons.